The molecule has 0 saturated heterocycles. The first-order chi connectivity index (χ1) is 12.6. The van der Waals surface area contributed by atoms with Gasteiger partial charge in [0.1, 0.15) is 6.04 Å². The lowest BCUT2D eigenvalue weighted by molar-refractivity contribution is -0.121. The van der Waals surface area contributed by atoms with Crippen molar-refractivity contribution in [3.8, 4) is 11.5 Å². The molecule has 27 heavy (non-hydrogen) atoms. The average Bonchev–Trinajstić information content (AvgIpc) is 3.27. The second kappa shape index (κ2) is 7.84. The Kier molecular flexibility index (Phi) is 5.51. The molecule has 0 saturated carbocycles. The maximum absolute atomic E-state index is 12.7. The quantitative estimate of drug-likeness (QED) is 0.810. The van der Waals surface area contributed by atoms with Crippen molar-refractivity contribution >= 4 is 24.3 Å². The Hall–Kier alpha value is -2.80. The molecule has 1 amide bonds. The molecule has 2 aromatic rings. The number of aromatic nitrogens is 2. The van der Waals surface area contributed by atoms with Gasteiger partial charge in [-0.3, -0.25) is 4.79 Å². The van der Waals surface area contributed by atoms with E-state index in [1.807, 2.05) is 55.2 Å². The Balaban J connectivity index is 0.00000210. The SMILES string of the molecule is Cc1cc(C)nc(N2CC=C[C@@H]2C(=O)NCc2ccc3c(c2)OCO3)n1.Cl. The summed E-state index contributed by atoms with van der Waals surface area (Å²) >= 11 is 0. The van der Waals surface area contributed by atoms with E-state index in [0.717, 1.165) is 22.7 Å². The number of aryl methyl sites for hydroxylation is 2. The van der Waals surface area contributed by atoms with E-state index in [1.165, 1.54) is 0 Å². The lowest BCUT2D eigenvalue weighted by Crippen LogP contribution is -2.44. The second-order valence-electron chi connectivity index (χ2n) is 6.38. The standard InChI is InChI=1S/C19H20N4O3.ClH/c1-12-8-13(2)22-19(21-12)23-7-3-4-15(23)18(24)20-10-14-5-6-16-17(9-14)26-11-25-16;/h3-6,8-9,15H,7,10-11H2,1-2H3,(H,20,24);1H/t15-;/m1./s1. The highest BCUT2D eigenvalue weighted by atomic mass is 35.5. The average molecular weight is 389 g/mol. The van der Waals surface area contributed by atoms with Crippen LogP contribution in [0.15, 0.2) is 36.4 Å². The Labute approximate surface area is 163 Å². The first kappa shape index (κ1) is 19.0. The number of hydrogen-bond acceptors (Lipinski definition) is 6. The van der Waals surface area contributed by atoms with Gasteiger partial charge in [-0.15, -0.1) is 12.4 Å². The predicted molar refractivity (Wildman–Crippen MR) is 103 cm³/mol. The van der Waals surface area contributed by atoms with Crippen molar-refractivity contribution in [1.82, 2.24) is 15.3 Å². The number of anilines is 1. The Morgan fingerprint density at radius 2 is 1.93 bits per heavy atom. The summed E-state index contributed by atoms with van der Waals surface area (Å²) in [5.41, 5.74) is 2.73. The Morgan fingerprint density at radius 1 is 1.19 bits per heavy atom. The summed E-state index contributed by atoms with van der Waals surface area (Å²) in [6.07, 6.45) is 3.85. The lowest BCUT2D eigenvalue weighted by Gasteiger charge is -2.24. The number of nitrogens with one attached hydrogen (secondary N) is 1. The molecule has 1 aromatic heterocycles. The molecule has 142 valence electrons. The Morgan fingerprint density at radius 3 is 2.70 bits per heavy atom. The van der Waals surface area contributed by atoms with Crippen molar-refractivity contribution in [2.24, 2.45) is 0 Å². The fourth-order valence-corrected chi connectivity index (χ4v) is 3.14. The van der Waals surface area contributed by atoms with E-state index in [4.69, 9.17) is 9.47 Å². The molecule has 0 fully saturated rings. The molecule has 0 unspecified atom stereocenters. The van der Waals surface area contributed by atoms with E-state index in [1.54, 1.807) is 0 Å². The Bertz CT molecular complexity index is 867. The van der Waals surface area contributed by atoms with Gasteiger partial charge in [-0.1, -0.05) is 18.2 Å². The van der Waals surface area contributed by atoms with E-state index in [-0.39, 0.29) is 25.1 Å². The summed E-state index contributed by atoms with van der Waals surface area (Å²) in [6, 6.07) is 7.17. The molecular weight excluding hydrogens is 368 g/mol. The molecular formula is C19H21ClN4O3. The fourth-order valence-electron chi connectivity index (χ4n) is 3.14. The van der Waals surface area contributed by atoms with Gasteiger partial charge in [-0.05, 0) is 37.6 Å². The van der Waals surface area contributed by atoms with Gasteiger partial charge in [-0.25, -0.2) is 9.97 Å². The highest BCUT2D eigenvalue weighted by Gasteiger charge is 2.28. The third-order valence-electron chi connectivity index (χ3n) is 4.36. The number of carbonyl (C=O) groups is 1. The van der Waals surface area contributed by atoms with E-state index in [0.29, 0.717) is 24.8 Å². The van der Waals surface area contributed by atoms with Gasteiger partial charge in [0.2, 0.25) is 18.6 Å². The van der Waals surface area contributed by atoms with Crippen molar-refractivity contribution in [3.63, 3.8) is 0 Å². The molecule has 2 aliphatic rings. The van der Waals surface area contributed by atoms with Crippen LogP contribution in [0.25, 0.3) is 0 Å². The van der Waals surface area contributed by atoms with E-state index in [9.17, 15) is 4.79 Å². The molecule has 0 bridgehead atoms. The topological polar surface area (TPSA) is 76.6 Å². The molecule has 0 spiro atoms. The van der Waals surface area contributed by atoms with Crippen LogP contribution in [0, 0.1) is 13.8 Å². The van der Waals surface area contributed by atoms with Crippen molar-refractivity contribution < 1.29 is 14.3 Å². The monoisotopic (exact) mass is 388 g/mol. The number of hydrogen-bond donors (Lipinski definition) is 1. The van der Waals surface area contributed by atoms with E-state index < -0.39 is 6.04 Å². The summed E-state index contributed by atoms with van der Waals surface area (Å²) in [6.45, 7) is 5.13. The van der Waals surface area contributed by atoms with Crippen LogP contribution in [-0.4, -0.2) is 35.3 Å². The summed E-state index contributed by atoms with van der Waals surface area (Å²) in [4.78, 5) is 23.5. The van der Waals surface area contributed by atoms with Gasteiger partial charge in [0, 0.05) is 24.5 Å². The van der Waals surface area contributed by atoms with Crippen molar-refractivity contribution in [1.29, 1.82) is 0 Å². The van der Waals surface area contributed by atoms with Crippen molar-refractivity contribution in [3.05, 3.63) is 53.4 Å². The van der Waals surface area contributed by atoms with Crippen molar-refractivity contribution in [2.75, 3.05) is 18.2 Å². The normalized spacial score (nSPS) is 17.0. The van der Waals surface area contributed by atoms with E-state index in [2.05, 4.69) is 15.3 Å². The van der Waals surface area contributed by atoms with Crippen LogP contribution in [-0.2, 0) is 11.3 Å². The molecule has 2 aliphatic heterocycles. The zero-order valence-corrected chi connectivity index (χ0v) is 16.0. The smallest absolute Gasteiger partial charge is 0.247 e. The van der Waals surface area contributed by atoms with Crippen LogP contribution in [0.1, 0.15) is 17.0 Å². The summed E-state index contributed by atoms with van der Waals surface area (Å²) < 4.78 is 10.7. The molecule has 7 nitrogen and oxygen atoms in total. The minimum Gasteiger partial charge on any atom is -0.454 e. The molecule has 1 atom stereocenters. The number of fused-ring (bicyclic) bond motifs is 1. The predicted octanol–water partition coefficient (Wildman–Crippen LogP) is 2.31. The zero-order valence-electron chi connectivity index (χ0n) is 15.1. The summed E-state index contributed by atoms with van der Waals surface area (Å²) in [5, 5.41) is 2.98. The molecule has 0 radical (unpaired) electrons. The zero-order chi connectivity index (χ0) is 18.1. The van der Waals surface area contributed by atoms with Gasteiger partial charge in [0.05, 0.1) is 0 Å². The van der Waals surface area contributed by atoms with Crippen LogP contribution in [0.2, 0.25) is 0 Å². The van der Waals surface area contributed by atoms with E-state index >= 15 is 0 Å². The molecule has 4 rings (SSSR count). The third-order valence-corrected chi connectivity index (χ3v) is 4.36. The molecule has 8 heteroatoms. The van der Waals surface area contributed by atoms with Gasteiger partial charge in [0.15, 0.2) is 11.5 Å². The minimum absolute atomic E-state index is 0. The maximum Gasteiger partial charge on any atom is 0.247 e. The molecule has 0 aliphatic carbocycles. The molecule has 1 aromatic carbocycles. The minimum atomic E-state index is -0.412. The number of benzene rings is 1. The highest BCUT2D eigenvalue weighted by molar-refractivity contribution is 5.87. The summed E-state index contributed by atoms with van der Waals surface area (Å²) in [7, 11) is 0. The van der Waals surface area contributed by atoms with Gasteiger partial charge >= 0.3 is 0 Å². The maximum atomic E-state index is 12.7. The second-order valence-corrected chi connectivity index (χ2v) is 6.38. The first-order valence-corrected chi connectivity index (χ1v) is 8.52. The van der Waals surface area contributed by atoms with Crippen LogP contribution in [0.3, 0.4) is 0 Å². The van der Waals surface area contributed by atoms with Crippen LogP contribution in [0.5, 0.6) is 11.5 Å². The van der Waals surface area contributed by atoms with Crippen molar-refractivity contribution in [2.45, 2.75) is 26.4 Å². The number of ether oxygens (including phenoxy) is 2. The number of halogens is 1. The largest absolute Gasteiger partial charge is 0.454 e. The highest BCUT2D eigenvalue weighted by Crippen LogP contribution is 2.32. The number of carbonyl (C=O) groups excluding carboxylic acids is 1. The lowest BCUT2D eigenvalue weighted by atomic mass is 10.2. The fraction of sp³-hybridized carbons (Fsp3) is 0.316. The van der Waals surface area contributed by atoms with Gasteiger partial charge in [-0.2, -0.15) is 0 Å². The molecule has 1 N–H and O–H groups in total. The van der Waals surface area contributed by atoms with Gasteiger partial charge in [0.25, 0.3) is 0 Å². The first-order valence-electron chi connectivity index (χ1n) is 8.52. The number of nitrogens with zero attached hydrogens (tertiary/aromatic N) is 3. The summed E-state index contributed by atoms with van der Waals surface area (Å²) in [5.74, 6) is 1.94. The number of rotatable bonds is 4. The van der Waals surface area contributed by atoms with Crippen LogP contribution in [0.4, 0.5) is 5.95 Å². The van der Waals surface area contributed by atoms with Gasteiger partial charge < -0.3 is 19.7 Å². The number of amides is 1. The molecule has 3 heterocycles. The third kappa shape index (κ3) is 3.98. The van der Waals surface area contributed by atoms with Crippen LogP contribution < -0.4 is 19.7 Å². The van der Waals surface area contributed by atoms with Crippen LogP contribution >= 0.6 is 12.4 Å².